The van der Waals surface area contributed by atoms with E-state index >= 15 is 0 Å². The Bertz CT molecular complexity index is 460. The maximum absolute atomic E-state index is 11.7. The van der Waals surface area contributed by atoms with Crippen molar-refractivity contribution < 1.29 is 14.6 Å². The molecule has 1 saturated carbocycles. The van der Waals surface area contributed by atoms with Crippen LogP contribution < -0.4 is 5.73 Å². The summed E-state index contributed by atoms with van der Waals surface area (Å²) in [5.41, 5.74) is 6.47. The molecule has 0 spiro atoms. The first-order chi connectivity index (χ1) is 9.69. The third-order valence-electron chi connectivity index (χ3n) is 3.81. The van der Waals surface area contributed by atoms with Gasteiger partial charge in [0, 0.05) is 6.42 Å². The third kappa shape index (κ3) is 2.99. The zero-order valence-corrected chi connectivity index (χ0v) is 11.8. The lowest BCUT2D eigenvalue weighted by Gasteiger charge is -2.22. The van der Waals surface area contributed by atoms with Gasteiger partial charge in [-0.2, -0.15) is 0 Å². The minimum Gasteiger partial charge on any atom is -0.464 e. The van der Waals surface area contributed by atoms with Crippen molar-refractivity contribution in [1.82, 2.24) is 15.0 Å². The van der Waals surface area contributed by atoms with Gasteiger partial charge in [-0.15, -0.1) is 5.10 Å². The summed E-state index contributed by atoms with van der Waals surface area (Å²) in [5.74, 6) is -0.511. The molecule has 7 heteroatoms. The van der Waals surface area contributed by atoms with Crippen LogP contribution in [0, 0.1) is 0 Å². The minimum atomic E-state index is -0.511. The molecule has 20 heavy (non-hydrogen) atoms. The van der Waals surface area contributed by atoms with Crippen molar-refractivity contribution in [3.8, 4) is 0 Å². The van der Waals surface area contributed by atoms with Gasteiger partial charge in [-0.1, -0.05) is 24.5 Å². The van der Waals surface area contributed by atoms with Crippen LogP contribution in [0.1, 0.15) is 54.3 Å². The van der Waals surface area contributed by atoms with Crippen LogP contribution in [0.4, 0.5) is 0 Å². The first-order valence-electron chi connectivity index (χ1n) is 7.09. The fraction of sp³-hybridized carbons (Fsp3) is 0.769. The summed E-state index contributed by atoms with van der Waals surface area (Å²) in [6, 6.07) is -0.134. The summed E-state index contributed by atoms with van der Waals surface area (Å²) in [6.07, 6.45) is 4.78. The van der Waals surface area contributed by atoms with Crippen molar-refractivity contribution in [2.24, 2.45) is 5.73 Å². The topological polar surface area (TPSA) is 103 Å². The van der Waals surface area contributed by atoms with Gasteiger partial charge in [0.15, 0.2) is 5.69 Å². The SMILES string of the molecule is COC(=O)c1nnn(C2CCCCCC2O)c1CCN. The van der Waals surface area contributed by atoms with Gasteiger partial charge in [-0.05, 0) is 19.4 Å². The second-order valence-electron chi connectivity index (χ2n) is 5.13. The molecule has 0 amide bonds. The van der Waals surface area contributed by atoms with Crippen molar-refractivity contribution in [3.05, 3.63) is 11.4 Å². The van der Waals surface area contributed by atoms with Crippen molar-refractivity contribution in [2.45, 2.75) is 50.7 Å². The summed E-state index contributed by atoms with van der Waals surface area (Å²) in [5, 5.41) is 18.3. The number of rotatable bonds is 4. The van der Waals surface area contributed by atoms with E-state index < -0.39 is 12.1 Å². The summed E-state index contributed by atoms with van der Waals surface area (Å²) in [7, 11) is 1.31. The number of nitrogens with zero attached hydrogens (tertiary/aromatic N) is 3. The molecule has 3 N–H and O–H groups in total. The van der Waals surface area contributed by atoms with E-state index in [-0.39, 0.29) is 11.7 Å². The number of nitrogens with two attached hydrogens (primary N) is 1. The second-order valence-corrected chi connectivity index (χ2v) is 5.13. The Kier molecular flexibility index (Phi) is 5.08. The van der Waals surface area contributed by atoms with E-state index in [1.165, 1.54) is 7.11 Å². The van der Waals surface area contributed by atoms with Crippen LogP contribution in [-0.2, 0) is 11.2 Å². The highest BCUT2D eigenvalue weighted by Crippen LogP contribution is 2.28. The predicted octanol–water partition coefficient (Wildman–Crippen LogP) is 0.432. The summed E-state index contributed by atoms with van der Waals surface area (Å²) < 4.78 is 6.39. The average Bonchev–Trinajstić information content (AvgIpc) is 2.73. The van der Waals surface area contributed by atoms with Crippen LogP contribution >= 0.6 is 0 Å². The molecule has 112 valence electrons. The second kappa shape index (κ2) is 6.81. The molecule has 1 aliphatic carbocycles. The van der Waals surface area contributed by atoms with Gasteiger partial charge in [-0.25, -0.2) is 9.48 Å². The highest BCUT2D eigenvalue weighted by molar-refractivity contribution is 5.88. The lowest BCUT2D eigenvalue weighted by molar-refractivity contribution is 0.0591. The van der Waals surface area contributed by atoms with Gasteiger partial charge in [0.05, 0.1) is 24.9 Å². The molecule has 0 radical (unpaired) electrons. The Hall–Kier alpha value is -1.47. The number of aromatic nitrogens is 3. The number of aliphatic hydroxyl groups excluding tert-OH is 1. The Morgan fingerprint density at radius 2 is 2.20 bits per heavy atom. The van der Waals surface area contributed by atoms with Gasteiger partial charge in [-0.3, -0.25) is 0 Å². The van der Waals surface area contributed by atoms with Crippen LogP contribution in [-0.4, -0.2) is 45.8 Å². The molecular formula is C13H22N4O3. The first kappa shape index (κ1) is 14.9. The molecule has 1 fully saturated rings. The summed E-state index contributed by atoms with van der Waals surface area (Å²) in [4.78, 5) is 11.7. The highest BCUT2D eigenvalue weighted by atomic mass is 16.5. The van der Waals surface area contributed by atoms with Crippen LogP contribution in [0.5, 0.6) is 0 Å². The molecule has 2 unspecified atom stereocenters. The van der Waals surface area contributed by atoms with Gasteiger partial charge >= 0.3 is 5.97 Å². The number of esters is 1. The Morgan fingerprint density at radius 3 is 2.90 bits per heavy atom. The molecule has 7 nitrogen and oxygen atoms in total. The highest BCUT2D eigenvalue weighted by Gasteiger charge is 2.29. The number of methoxy groups -OCH3 is 1. The van der Waals surface area contributed by atoms with E-state index in [9.17, 15) is 9.90 Å². The Morgan fingerprint density at radius 1 is 1.45 bits per heavy atom. The molecule has 1 aliphatic rings. The van der Waals surface area contributed by atoms with E-state index in [2.05, 4.69) is 10.3 Å². The van der Waals surface area contributed by atoms with Gasteiger partial charge < -0.3 is 15.6 Å². The van der Waals surface area contributed by atoms with Crippen molar-refractivity contribution in [3.63, 3.8) is 0 Å². The molecule has 0 aliphatic heterocycles. The molecule has 1 aromatic rings. The molecule has 0 saturated heterocycles. The quantitative estimate of drug-likeness (QED) is 0.613. The van der Waals surface area contributed by atoms with Gasteiger partial charge in [0.25, 0.3) is 0 Å². The van der Waals surface area contributed by atoms with E-state index in [0.29, 0.717) is 18.7 Å². The maximum atomic E-state index is 11.7. The van der Waals surface area contributed by atoms with E-state index in [1.807, 2.05) is 0 Å². The van der Waals surface area contributed by atoms with Crippen molar-refractivity contribution in [1.29, 1.82) is 0 Å². The number of ether oxygens (including phenoxy) is 1. The third-order valence-corrected chi connectivity index (χ3v) is 3.81. The van der Waals surface area contributed by atoms with Crippen LogP contribution in [0.15, 0.2) is 0 Å². The van der Waals surface area contributed by atoms with Crippen molar-refractivity contribution in [2.75, 3.05) is 13.7 Å². The normalized spacial score (nSPS) is 23.4. The lowest BCUT2D eigenvalue weighted by Crippen LogP contribution is -2.26. The molecule has 0 aromatic carbocycles. The number of carbonyl (C=O) groups excluding carboxylic acids is 1. The lowest BCUT2D eigenvalue weighted by atomic mass is 10.1. The first-order valence-corrected chi connectivity index (χ1v) is 7.09. The zero-order valence-electron chi connectivity index (χ0n) is 11.8. The molecular weight excluding hydrogens is 260 g/mol. The molecule has 1 heterocycles. The molecule has 2 atom stereocenters. The Balaban J connectivity index is 2.34. The van der Waals surface area contributed by atoms with E-state index in [1.54, 1.807) is 4.68 Å². The van der Waals surface area contributed by atoms with Gasteiger partial charge in [0.2, 0.25) is 0 Å². The van der Waals surface area contributed by atoms with E-state index in [4.69, 9.17) is 10.5 Å². The van der Waals surface area contributed by atoms with Crippen LogP contribution in [0.2, 0.25) is 0 Å². The minimum absolute atomic E-state index is 0.134. The molecule has 0 bridgehead atoms. The average molecular weight is 282 g/mol. The smallest absolute Gasteiger partial charge is 0.360 e. The zero-order chi connectivity index (χ0) is 14.5. The largest absolute Gasteiger partial charge is 0.464 e. The molecule has 1 aromatic heterocycles. The van der Waals surface area contributed by atoms with Crippen molar-refractivity contribution >= 4 is 5.97 Å². The summed E-state index contributed by atoms with van der Waals surface area (Å²) in [6.45, 7) is 0.389. The van der Waals surface area contributed by atoms with Crippen LogP contribution in [0.3, 0.4) is 0 Å². The van der Waals surface area contributed by atoms with E-state index in [0.717, 1.165) is 32.1 Å². The number of hydrogen-bond donors (Lipinski definition) is 2. The standard InChI is InChI=1S/C13H22N4O3/c1-20-13(19)12-10(7-8-14)17(16-15-12)9-5-3-2-4-6-11(9)18/h9,11,18H,2-8,14H2,1H3. The fourth-order valence-electron chi connectivity index (χ4n) is 2.76. The number of aliphatic hydroxyl groups is 1. The number of hydrogen-bond acceptors (Lipinski definition) is 6. The maximum Gasteiger partial charge on any atom is 0.360 e. The van der Waals surface area contributed by atoms with Crippen LogP contribution in [0.25, 0.3) is 0 Å². The fourth-order valence-corrected chi connectivity index (χ4v) is 2.76. The molecule has 2 rings (SSSR count). The predicted molar refractivity (Wildman–Crippen MR) is 72.2 cm³/mol. The summed E-state index contributed by atoms with van der Waals surface area (Å²) >= 11 is 0. The number of carbonyl (C=O) groups is 1. The monoisotopic (exact) mass is 282 g/mol. The van der Waals surface area contributed by atoms with Gasteiger partial charge in [0.1, 0.15) is 0 Å². The Labute approximate surface area is 118 Å².